The zero-order valence-electron chi connectivity index (χ0n) is 16.4. The van der Waals surface area contributed by atoms with Crippen molar-refractivity contribution in [2.75, 3.05) is 40.1 Å². The molecule has 0 radical (unpaired) electrons. The van der Waals surface area contributed by atoms with E-state index < -0.39 is 9.84 Å². The van der Waals surface area contributed by atoms with Crippen molar-refractivity contribution in [1.82, 2.24) is 0 Å². The van der Waals surface area contributed by atoms with Gasteiger partial charge in [-0.25, -0.2) is 8.42 Å². The first-order valence-corrected chi connectivity index (χ1v) is 11.6. The van der Waals surface area contributed by atoms with Crippen LogP contribution in [0.25, 0.3) is 0 Å². The van der Waals surface area contributed by atoms with E-state index in [9.17, 15) is 13.2 Å². The standard InChI is InChI=1S/C23H23N3O3S/c27-23(21-11-4-5-12-22(21)24-18-7-2-1-3-8-18)25-19-9-6-10-20(17-19)26-13-15-30(28,29)16-14-26/h1-12,17,24H,13-16H2,(H,25,27). The molecule has 7 heteroatoms. The monoisotopic (exact) mass is 421 g/mol. The summed E-state index contributed by atoms with van der Waals surface area (Å²) in [7, 11) is -2.94. The van der Waals surface area contributed by atoms with Crippen LogP contribution in [0, 0.1) is 0 Å². The summed E-state index contributed by atoms with van der Waals surface area (Å²) in [4.78, 5) is 15.0. The van der Waals surface area contributed by atoms with E-state index in [0.29, 0.717) is 24.3 Å². The summed E-state index contributed by atoms with van der Waals surface area (Å²) in [6.07, 6.45) is 0. The summed E-state index contributed by atoms with van der Waals surface area (Å²) in [5.41, 5.74) is 3.73. The number of carbonyl (C=O) groups is 1. The highest BCUT2D eigenvalue weighted by molar-refractivity contribution is 7.91. The maximum absolute atomic E-state index is 13.0. The minimum atomic E-state index is -2.94. The molecule has 0 saturated carbocycles. The minimum Gasteiger partial charge on any atom is -0.369 e. The highest BCUT2D eigenvalue weighted by Gasteiger charge is 2.22. The van der Waals surface area contributed by atoms with Crippen molar-refractivity contribution in [1.29, 1.82) is 0 Å². The van der Waals surface area contributed by atoms with Gasteiger partial charge in [-0.15, -0.1) is 0 Å². The number of hydrogen-bond donors (Lipinski definition) is 2. The number of rotatable bonds is 5. The molecule has 3 aromatic rings. The van der Waals surface area contributed by atoms with Gasteiger partial charge in [0.25, 0.3) is 5.91 Å². The molecule has 30 heavy (non-hydrogen) atoms. The lowest BCUT2D eigenvalue weighted by Crippen LogP contribution is -2.40. The Kier molecular flexibility index (Phi) is 5.72. The fraction of sp³-hybridized carbons (Fsp3) is 0.174. The topological polar surface area (TPSA) is 78.5 Å². The molecule has 6 nitrogen and oxygen atoms in total. The number of benzene rings is 3. The van der Waals surface area contributed by atoms with Crippen molar-refractivity contribution in [2.24, 2.45) is 0 Å². The fourth-order valence-corrected chi connectivity index (χ4v) is 4.62. The molecule has 2 N–H and O–H groups in total. The number of anilines is 4. The predicted octanol–water partition coefficient (Wildman–Crippen LogP) is 3.92. The van der Waals surface area contributed by atoms with Gasteiger partial charge in [0.1, 0.15) is 0 Å². The van der Waals surface area contributed by atoms with Crippen LogP contribution in [0.1, 0.15) is 10.4 Å². The van der Waals surface area contributed by atoms with Gasteiger partial charge in [-0.2, -0.15) is 0 Å². The van der Waals surface area contributed by atoms with Crippen molar-refractivity contribution in [2.45, 2.75) is 0 Å². The number of sulfone groups is 1. The summed E-state index contributed by atoms with van der Waals surface area (Å²) in [5, 5.41) is 6.24. The molecule has 154 valence electrons. The van der Waals surface area contributed by atoms with Gasteiger partial charge in [0.15, 0.2) is 9.84 Å². The second kappa shape index (κ2) is 8.59. The Balaban J connectivity index is 1.50. The number of hydrogen-bond acceptors (Lipinski definition) is 5. The first-order valence-electron chi connectivity index (χ1n) is 9.78. The molecule has 1 amide bonds. The third kappa shape index (κ3) is 4.80. The van der Waals surface area contributed by atoms with Gasteiger partial charge in [0.2, 0.25) is 0 Å². The van der Waals surface area contributed by atoms with Crippen LogP contribution < -0.4 is 15.5 Å². The number of nitrogens with zero attached hydrogens (tertiary/aromatic N) is 1. The van der Waals surface area contributed by atoms with E-state index in [1.807, 2.05) is 77.7 Å². The molecule has 3 aromatic carbocycles. The van der Waals surface area contributed by atoms with E-state index >= 15 is 0 Å². The Labute approximate surface area is 176 Å². The van der Waals surface area contributed by atoms with E-state index in [4.69, 9.17) is 0 Å². The summed E-state index contributed by atoms with van der Waals surface area (Å²) < 4.78 is 23.3. The molecule has 4 rings (SSSR count). The smallest absolute Gasteiger partial charge is 0.257 e. The Hall–Kier alpha value is -3.32. The first-order chi connectivity index (χ1) is 14.5. The minimum absolute atomic E-state index is 0.155. The van der Waals surface area contributed by atoms with Gasteiger partial charge in [0, 0.05) is 30.2 Å². The van der Waals surface area contributed by atoms with Crippen LogP contribution in [-0.4, -0.2) is 38.9 Å². The fourth-order valence-electron chi connectivity index (χ4n) is 3.42. The molecule has 1 aliphatic heterocycles. The Morgan fingerprint density at radius 2 is 1.47 bits per heavy atom. The van der Waals surface area contributed by atoms with Crippen molar-refractivity contribution in [3.05, 3.63) is 84.4 Å². The van der Waals surface area contributed by atoms with E-state index in [0.717, 1.165) is 17.1 Å². The Morgan fingerprint density at radius 1 is 0.800 bits per heavy atom. The van der Waals surface area contributed by atoms with Crippen LogP contribution in [0.4, 0.5) is 22.7 Å². The van der Waals surface area contributed by atoms with Gasteiger partial charge < -0.3 is 15.5 Å². The first kappa shape index (κ1) is 20.0. The van der Waals surface area contributed by atoms with Crippen LogP contribution in [-0.2, 0) is 9.84 Å². The van der Waals surface area contributed by atoms with Gasteiger partial charge >= 0.3 is 0 Å². The lowest BCUT2D eigenvalue weighted by Gasteiger charge is -2.29. The second-order valence-electron chi connectivity index (χ2n) is 7.18. The number of amides is 1. The molecule has 0 aliphatic carbocycles. The van der Waals surface area contributed by atoms with Crippen molar-refractivity contribution in [3.8, 4) is 0 Å². The van der Waals surface area contributed by atoms with Crippen LogP contribution in [0.3, 0.4) is 0 Å². The normalized spacial score (nSPS) is 15.4. The van der Waals surface area contributed by atoms with Crippen LogP contribution in [0.15, 0.2) is 78.9 Å². The van der Waals surface area contributed by atoms with Crippen LogP contribution in [0.2, 0.25) is 0 Å². The summed E-state index contributed by atoms with van der Waals surface area (Å²) in [6.45, 7) is 0.924. The van der Waals surface area contributed by atoms with E-state index in [2.05, 4.69) is 10.6 Å². The lowest BCUT2D eigenvalue weighted by molar-refractivity contribution is 0.102. The summed E-state index contributed by atoms with van der Waals surface area (Å²) in [5.74, 6) is 0.0944. The quantitative estimate of drug-likeness (QED) is 0.653. The molecule has 0 aromatic heterocycles. The second-order valence-corrected chi connectivity index (χ2v) is 9.48. The molecule has 0 spiro atoms. The van der Waals surface area contributed by atoms with Gasteiger partial charge in [-0.3, -0.25) is 4.79 Å². The van der Waals surface area contributed by atoms with Crippen LogP contribution in [0.5, 0.6) is 0 Å². The molecule has 0 unspecified atom stereocenters. The highest BCUT2D eigenvalue weighted by Crippen LogP contribution is 2.24. The lowest BCUT2D eigenvalue weighted by atomic mass is 10.1. The molecule has 0 bridgehead atoms. The van der Waals surface area contributed by atoms with E-state index in [-0.39, 0.29) is 17.4 Å². The van der Waals surface area contributed by atoms with Crippen LogP contribution >= 0.6 is 0 Å². The zero-order valence-corrected chi connectivity index (χ0v) is 17.2. The van der Waals surface area contributed by atoms with Crippen molar-refractivity contribution < 1.29 is 13.2 Å². The molecule has 0 atom stereocenters. The molecule has 1 aliphatic rings. The average molecular weight is 422 g/mol. The third-order valence-electron chi connectivity index (χ3n) is 5.04. The average Bonchev–Trinajstić information content (AvgIpc) is 2.75. The highest BCUT2D eigenvalue weighted by atomic mass is 32.2. The van der Waals surface area contributed by atoms with E-state index in [1.165, 1.54) is 0 Å². The SMILES string of the molecule is O=C(Nc1cccc(N2CCS(=O)(=O)CC2)c1)c1ccccc1Nc1ccccc1. The number of carbonyl (C=O) groups excluding carboxylic acids is 1. The molecule has 1 fully saturated rings. The number of para-hydroxylation sites is 2. The number of nitrogens with one attached hydrogen (secondary N) is 2. The maximum Gasteiger partial charge on any atom is 0.257 e. The van der Waals surface area contributed by atoms with Gasteiger partial charge in [-0.05, 0) is 42.5 Å². The zero-order chi connectivity index (χ0) is 21.0. The Morgan fingerprint density at radius 3 is 2.23 bits per heavy atom. The molecular weight excluding hydrogens is 398 g/mol. The molecular formula is C23H23N3O3S. The molecule has 1 heterocycles. The Bertz CT molecular complexity index is 1130. The van der Waals surface area contributed by atoms with Crippen molar-refractivity contribution >= 4 is 38.5 Å². The predicted molar refractivity (Wildman–Crippen MR) is 121 cm³/mol. The van der Waals surface area contributed by atoms with Crippen molar-refractivity contribution in [3.63, 3.8) is 0 Å². The third-order valence-corrected chi connectivity index (χ3v) is 6.65. The summed E-state index contributed by atoms with van der Waals surface area (Å²) in [6, 6.07) is 24.5. The summed E-state index contributed by atoms with van der Waals surface area (Å²) >= 11 is 0. The largest absolute Gasteiger partial charge is 0.369 e. The molecule has 1 saturated heterocycles. The maximum atomic E-state index is 13.0. The van der Waals surface area contributed by atoms with Gasteiger partial charge in [-0.1, -0.05) is 36.4 Å². The van der Waals surface area contributed by atoms with Gasteiger partial charge in [0.05, 0.1) is 22.8 Å². The van der Waals surface area contributed by atoms with E-state index in [1.54, 1.807) is 6.07 Å².